The number of nitrogens with zero attached hydrogens (tertiary/aromatic N) is 4. The highest BCUT2D eigenvalue weighted by molar-refractivity contribution is 5.91. The summed E-state index contributed by atoms with van der Waals surface area (Å²) in [6.07, 6.45) is 5.94. The van der Waals surface area contributed by atoms with Gasteiger partial charge in [-0.1, -0.05) is 6.58 Å². The lowest BCUT2D eigenvalue weighted by molar-refractivity contribution is -0.0613. The fourth-order valence-corrected chi connectivity index (χ4v) is 5.62. The number of pyridine rings is 1. The van der Waals surface area contributed by atoms with Crippen molar-refractivity contribution in [2.75, 3.05) is 14.2 Å². The van der Waals surface area contributed by atoms with Crippen LogP contribution in [0.5, 0.6) is 5.75 Å². The second-order valence-electron chi connectivity index (χ2n) is 10.5. The van der Waals surface area contributed by atoms with Crippen LogP contribution in [0.25, 0.3) is 39.3 Å². The number of rotatable bonds is 8. The van der Waals surface area contributed by atoms with E-state index in [0.717, 1.165) is 70.8 Å². The molecule has 0 bridgehead atoms. The summed E-state index contributed by atoms with van der Waals surface area (Å²) in [6, 6.07) is 10.3. The zero-order valence-electron chi connectivity index (χ0n) is 20.6. The fourth-order valence-electron chi connectivity index (χ4n) is 5.62. The molecule has 2 saturated carbocycles. The summed E-state index contributed by atoms with van der Waals surface area (Å²) in [5, 5.41) is 11.5. The lowest BCUT2D eigenvalue weighted by atomic mass is 9.72. The molecule has 182 valence electrons. The molecule has 0 atom stereocenters. The molecule has 2 aliphatic carbocycles. The predicted octanol–water partition coefficient (Wildman–Crippen LogP) is 5.25. The van der Waals surface area contributed by atoms with Crippen LogP contribution in [-0.2, 0) is 17.8 Å². The molecule has 1 aromatic carbocycles. The van der Waals surface area contributed by atoms with Gasteiger partial charge in [-0.05, 0) is 74.8 Å². The Morgan fingerprint density at radius 1 is 1.14 bits per heavy atom. The van der Waals surface area contributed by atoms with E-state index in [1.54, 1.807) is 14.2 Å². The van der Waals surface area contributed by atoms with E-state index in [1.165, 1.54) is 12.8 Å². The highest BCUT2D eigenvalue weighted by atomic mass is 16.5. The molecule has 2 aliphatic rings. The molecule has 0 unspecified atom stereocenters. The maximum Gasteiger partial charge on any atom is 0.158 e. The molecule has 7 nitrogen and oxygen atoms in total. The van der Waals surface area contributed by atoms with Crippen molar-refractivity contribution in [2.45, 2.75) is 51.3 Å². The summed E-state index contributed by atoms with van der Waals surface area (Å²) in [5.74, 6) is 3.28. The van der Waals surface area contributed by atoms with Crippen LogP contribution in [0, 0.1) is 11.8 Å². The molecule has 1 N–H and O–H groups in total. The molecular weight excluding hydrogens is 440 g/mol. The molecule has 3 heterocycles. The second-order valence-corrected chi connectivity index (χ2v) is 10.5. The monoisotopic (exact) mass is 472 g/mol. The minimum absolute atomic E-state index is 0.374. The topological polar surface area (TPSA) is 74.3 Å². The van der Waals surface area contributed by atoms with Crippen LogP contribution in [0.2, 0.25) is 0 Å². The number of aliphatic hydroxyl groups is 1. The number of hydrogen-bond donors (Lipinski definition) is 1. The van der Waals surface area contributed by atoms with Crippen molar-refractivity contribution in [1.29, 1.82) is 0 Å². The van der Waals surface area contributed by atoms with Gasteiger partial charge in [-0.25, -0.2) is 9.97 Å². The molecule has 35 heavy (non-hydrogen) atoms. The Labute approximate surface area is 205 Å². The summed E-state index contributed by atoms with van der Waals surface area (Å²) in [4.78, 5) is 9.90. The Bertz CT molecular complexity index is 1440. The first kappa shape index (κ1) is 22.2. The Morgan fingerprint density at radius 2 is 1.91 bits per heavy atom. The van der Waals surface area contributed by atoms with E-state index in [0.29, 0.717) is 17.6 Å². The summed E-state index contributed by atoms with van der Waals surface area (Å²) < 4.78 is 15.9. The number of ether oxygens (including phenoxy) is 2. The van der Waals surface area contributed by atoms with E-state index in [9.17, 15) is 5.11 Å². The van der Waals surface area contributed by atoms with Gasteiger partial charge < -0.3 is 23.7 Å². The van der Waals surface area contributed by atoms with Gasteiger partial charge in [-0.15, -0.1) is 0 Å². The van der Waals surface area contributed by atoms with Gasteiger partial charge >= 0.3 is 0 Å². The third kappa shape index (κ3) is 3.88. The predicted molar refractivity (Wildman–Crippen MR) is 137 cm³/mol. The standard InChI is InChI=1S/C28H32N4O3/c1-17(34-3)21-10-22-25(24(12-21)35-4)32(16-19-13-28(2,33)14-19)27(30-22)23-11-20-6-5-9-29-26(20)31(23)15-18-7-8-18/h5-6,9-12,18-19,33H,1,7-8,13-16H2,2-4H3/t19-,28+. The van der Waals surface area contributed by atoms with Crippen LogP contribution in [-0.4, -0.2) is 44.0 Å². The molecule has 4 aromatic rings. The van der Waals surface area contributed by atoms with Gasteiger partial charge in [0.25, 0.3) is 0 Å². The van der Waals surface area contributed by atoms with Crippen molar-refractivity contribution >= 4 is 27.8 Å². The van der Waals surface area contributed by atoms with Crippen LogP contribution in [0.4, 0.5) is 0 Å². The number of methoxy groups -OCH3 is 2. The molecule has 0 amide bonds. The van der Waals surface area contributed by atoms with Crippen LogP contribution < -0.4 is 4.74 Å². The van der Waals surface area contributed by atoms with Gasteiger partial charge in [-0.2, -0.15) is 0 Å². The second kappa shape index (κ2) is 8.12. The molecule has 0 aliphatic heterocycles. The summed E-state index contributed by atoms with van der Waals surface area (Å²) in [6.45, 7) is 7.65. The van der Waals surface area contributed by atoms with Gasteiger partial charge in [0, 0.05) is 30.2 Å². The van der Waals surface area contributed by atoms with Crippen molar-refractivity contribution in [3.63, 3.8) is 0 Å². The molecule has 3 aromatic heterocycles. The summed E-state index contributed by atoms with van der Waals surface area (Å²) in [7, 11) is 3.31. The molecule has 0 saturated heterocycles. The Morgan fingerprint density at radius 3 is 2.60 bits per heavy atom. The van der Waals surface area contributed by atoms with Crippen molar-refractivity contribution < 1.29 is 14.6 Å². The average molecular weight is 473 g/mol. The van der Waals surface area contributed by atoms with E-state index >= 15 is 0 Å². The molecule has 6 rings (SSSR count). The zero-order valence-corrected chi connectivity index (χ0v) is 20.6. The number of benzene rings is 1. The average Bonchev–Trinajstić information content (AvgIpc) is 3.48. The van der Waals surface area contributed by atoms with Crippen LogP contribution in [0.15, 0.2) is 43.1 Å². The Kier molecular flexibility index (Phi) is 5.14. The number of imidazole rings is 1. The first-order valence-corrected chi connectivity index (χ1v) is 12.4. The van der Waals surface area contributed by atoms with E-state index in [1.807, 2.05) is 31.3 Å². The maximum absolute atomic E-state index is 10.4. The minimum Gasteiger partial charge on any atom is -0.497 e. The van der Waals surface area contributed by atoms with Gasteiger partial charge in [0.1, 0.15) is 22.7 Å². The Balaban J connectivity index is 1.57. The first-order valence-electron chi connectivity index (χ1n) is 12.4. The third-order valence-electron chi connectivity index (χ3n) is 7.52. The minimum atomic E-state index is -0.584. The van der Waals surface area contributed by atoms with Gasteiger partial charge in [0.2, 0.25) is 0 Å². The highest BCUT2D eigenvalue weighted by Gasteiger charge is 2.39. The normalized spacial score (nSPS) is 21.9. The van der Waals surface area contributed by atoms with E-state index in [-0.39, 0.29) is 0 Å². The Hall–Kier alpha value is -3.32. The van der Waals surface area contributed by atoms with E-state index in [2.05, 4.69) is 27.8 Å². The lowest BCUT2D eigenvalue weighted by Crippen LogP contribution is -2.42. The summed E-state index contributed by atoms with van der Waals surface area (Å²) in [5.41, 5.74) is 4.13. The first-order chi connectivity index (χ1) is 16.9. The largest absolute Gasteiger partial charge is 0.497 e. The van der Waals surface area contributed by atoms with Crippen molar-refractivity contribution in [3.8, 4) is 17.3 Å². The smallest absolute Gasteiger partial charge is 0.158 e. The van der Waals surface area contributed by atoms with Gasteiger partial charge in [-0.3, -0.25) is 0 Å². The van der Waals surface area contributed by atoms with Crippen molar-refractivity contribution in [1.82, 2.24) is 19.1 Å². The lowest BCUT2D eigenvalue weighted by Gasteiger charge is -2.41. The quantitative estimate of drug-likeness (QED) is 0.355. The number of fused-ring (bicyclic) bond motifs is 2. The zero-order chi connectivity index (χ0) is 24.3. The van der Waals surface area contributed by atoms with Crippen molar-refractivity contribution in [2.24, 2.45) is 11.8 Å². The van der Waals surface area contributed by atoms with E-state index < -0.39 is 5.60 Å². The van der Waals surface area contributed by atoms with Gasteiger partial charge in [0.15, 0.2) is 5.82 Å². The molecular formula is C28H32N4O3. The molecule has 0 spiro atoms. The van der Waals surface area contributed by atoms with E-state index in [4.69, 9.17) is 19.4 Å². The van der Waals surface area contributed by atoms with Crippen LogP contribution in [0.3, 0.4) is 0 Å². The molecule has 0 radical (unpaired) electrons. The number of hydrogen-bond acceptors (Lipinski definition) is 5. The fraction of sp³-hybridized carbons (Fsp3) is 0.429. The maximum atomic E-state index is 10.4. The number of aromatic nitrogens is 4. The SMILES string of the molecule is C=C(OC)c1cc(OC)c2c(c1)nc(-c1cc3cccnc3n1CC1CC1)n2C[C@H]1C[C@@](C)(O)C1. The third-order valence-corrected chi connectivity index (χ3v) is 7.52. The van der Waals surface area contributed by atoms with Crippen LogP contribution >= 0.6 is 0 Å². The molecule has 7 heteroatoms. The van der Waals surface area contributed by atoms with Crippen molar-refractivity contribution in [3.05, 3.63) is 48.7 Å². The highest BCUT2D eigenvalue weighted by Crippen LogP contribution is 2.42. The van der Waals surface area contributed by atoms with Gasteiger partial charge in [0.05, 0.1) is 31.0 Å². The molecule has 2 fully saturated rings. The summed E-state index contributed by atoms with van der Waals surface area (Å²) >= 11 is 0. The van der Waals surface area contributed by atoms with Crippen LogP contribution in [0.1, 0.15) is 38.2 Å².